The molecule has 0 unspecified atom stereocenters. The third kappa shape index (κ3) is 3.30. The van der Waals surface area contributed by atoms with Crippen LogP contribution in [0.25, 0.3) is 11.0 Å². The number of nitrogens with one attached hydrogen (secondary N) is 1. The molecule has 0 bridgehead atoms. The number of fused-ring (bicyclic) bond motifs is 1. The molecule has 0 radical (unpaired) electrons. The number of hydrogen-bond acceptors (Lipinski definition) is 3. The third-order valence-corrected chi connectivity index (χ3v) is 4.07. The van der Waals surface area contributed by atoms with Crippen LogP contribution in [-0.4, -0.2) is 20.9 Å². The molecule has 0 atom stereocenters. The van der Waals surface area contributed by atoms with Crippen LogP contribution in [0.15, 0.2) is 72.8 Å². The maximum Gasteiger partial charge on any atom is 0.255 e. The van der Waals surface area contributed by atoms with Gasteiger partial charge in [0, 0.05) is 11.3 Å². The molecule has 1 heterocycles. The van der Waals surface area contributed by atoms with Crippen molar-refractivity contribution in [1.29, 1.82) is 0 Å². The fourth-order valence-electron chi connectivity index (χ4n) is 2.71. The molecule has 5 nitrogen and oxygen atoms in total. The minimum Gasteiger partial charge on any atom is -0.322 e. The first kappa shape index (κ1) is 16.0. The number of carbonyl (C=O) groups is 1. The molecule has 1 aromatic heterocycles. The van der Waals surface area contributed by atoms with Crippen LogP contribution in [0.2, 0.25) is 0 Å². The van der Waals surface area contributed by atoms with Gasteiger partial charge in [0.15, 0.2) is 0 Å². The summed E-state index contributed by atoms with van der Waals surface area (Å²) in [5, 5.41) is 11.0. The average Bonchev–Trinajstić information content (AvgIpc) is 3.07. The van der Waals surface area contributed by atoms with E-state index in [1.807, 2.05) is 41.1 Å². The molecule has 0 aliphatic heterocycles. The molecule has 0 spiro atoms. The molecule has 4 aromatic rings. The van der Waals surface area contributed by atoms with Crippen molar-refractivity contribution < 1.29 is 9.18 Å². The monoisotopic (exact) mass is 346 g/mol. The zero-order chi connectivity index (χ0) is 17.9. The molecule has 1 N–H and O–H groups in total. The number of carbonyl (C=O) groups excluding carboxylic acids is 1. The van der Waals surface area contributed by atoms with Crippen LogP contribution in [0.3, 0.4) is 0 Å². The predicted octanol–water partition coefficient (Wildman–Crippen LogP) is 3.87. The van der Waals surface area contributed by atoms with Gasteiger partial charge in [-0.25, -0.2) is 9.07 Å². The molecule has 3 aromatic carbocycles. The number of anilines is 1. The number of hydrogen-bond donors (Lipinski definition) is 1. The summed E-state index contributed by atoms with van der Waals surface area (Å²) in [6.07, 6.45) is 0. The molecule has 26 heavy (non-hydrogen) atoms. The van der Waals surface area contributed by atoms with Crippen molar-refractivity contribution in [2.24, 2.45) is 0 Å². The minimum absolute atomic E-state index is 0.241. The molecule has 0 aliphatic rings. The van der Waals surface area contributed by atoms with Gasteiger partial charge in [0.05, 0.1) is 12.1 Å². The Balaban J connectivity index is 1.47. The lowest BCUT2D eigenvalue weighted by Gasteiger charge is -2.07. The second-order valence-corrected chi connectivity index (χ2v) is 5.89. The van der Waals surface area contributed by atoms with Crippen LogP contribution in [0.4, 0.5) is 10.1 Å². The predicted molar refractivity (Wildman–Crippen MR) is 97.4 cm³/mol. The molecule has 1 amide bonds. The SMILES string of the molecule is O=C(Nc1ccc(F)cc1)c1ccc(Cn2nnc3ccccc32)cc1. The van der Waals surface area contributed by atoms with Crippen molar-refractivity contribution in [3.8, 4) is 0 Å². The highest BCUT2D eigenvalue weighted by Gasteiger charge is 2.08. The van der Waals surface area contributed by atoms with Crippen molar-refractivity contribution in [2.45, 2.75) is 6.54 Å². The van der Waals surface area contributed by atoms with E-state index in [1.165, 1.54) is 24.3 Å². The number of para-hydroxylation sites is 1. The van der Waals surface area contributed by atoms with Crippen LogP contribution in [0.5, 0.6) is 0 Å². The van der Waals surface area contributed by atoms with E-state index in [1.54, 1.807) is 12.1 Å². The average molecular weight is 346 g/mol. The van der Waals surface area contributed by atoms with Gasteiger partial charge in [-0.3, -0.25) is 4.79 Å². The molecule has 0 aliphatic carbocycles. The second-order valence-electron chi connectivity index (χ2n) is 5.89. The van der Waals surface area contributed by atoms with Gasteiger partial charge in [0.2, 0.25) is 0 Å². The largest absolute Gasteiger partial charge is 0.322 e. The second kappa shape index (κ2) is 6.76. The maximum absolute atomic E-state index is 12.9. The molecule has 6 heteroatoms. The lowest BCUT2D eigenvalue weighted by Crippen LogP contribution is -2.12. The maximum atomic E-state index is 12.9. The van der Waals surface area contributed by atoms with Crippen molar-refractivity contribution >= 4 is 22.6 Å². The van der Waals surface area contributed by atoms with Crippen LogP contribution in [0.1, 0.15) is 15.9 Å². The molecular formula is C20H15FN4O. The summed E-state index contributed by atoms with van der Waals surface area (Å²) in [6.45, 7) is 0.570. The summed E-state index contributed by atoms with van der Waals surface area (Å²) < 4.78 is 14.7. The van der Waals surface area contributed by atoms with E-state index in [0.29, 0.717) is 17.8 Å². The Hall–Kier alpha value is -3.54. The topological polar surface area (TPSA) is 59.8 Å². The number of halogens is 1. The lowest BCUT2D eigenvalue weighted by molar-refractivity contribution is 0.102. The molecule has 4 rings (SSSR count). The summed E-state index contributed by atoms with van der Waals surface area (Å²) in [4.78, 5) is 12.3. The number of benzene rings is 3. The van der Waals surface area contributed by atoms with Gasteiger partial charge in [-0.05, 0) is 54.1 Å². The number of nitrogens with zero attached hydrogens (tertiary/aromatic N) is 3. The van der Waals surface area contributed by atoms with Gasteiger partial charge in [-0.2, -0.15) is 0 Å². The van der Waals surface area contributed by atoms with Gasteiger partial charge in [0.25, 0.3) is 5.91 Å². The smallest absolute Gasteiger partial charge is 0.255 e. The Kier molecular flexibility index (Phi) is 4.15. The first-order valence-electron chi connectivity index (χ1n) is 8.13. The van der Waals surface area contributed by atoms with E-state index in [2.05, 4.69) is 15.6 Å². The summed E-state index contributed by atoms with van der Waals surface area (Å²) in [7, 11) is 0. The molecule has 0 saturated carbocycles. The van der Waals surface area contributed by atoms with E-state index in [4.69, 9.17) is 0 Å². The van der Waals surface area contributed by atoms with Crippen LogP contribution < -0.4 is 5.32 Å². The van der Waals surface area contributed by atoms with Crippen molar-refractivity contribution in [3.05, 3.63) is 89.7 Å². The fourth-order valence-corrected chi connectivity index (χ4v) is 2.71. The van der Waals surface area contributed by atoms with Gasteiger partial charge >= 0.3 is 0 Å². The quantitative estimate of drug-likeness (QED) is 0.610. The van der Waals surface area contributed by atoms with Gasteiger partial charge in [-0.1, -0.05) is 29.5 Å². The van der Waals surface area contributed by atoms with Crippen LogP contribution in [0, 0.1) is 5.82 Å². The van der Waals surface area contributed by atoms with E-state index in [9.17, 15) is 9.18 Å². The number of amides is 1. The zero-order valence-corrected chi connectivity index (χ0v) is 13.8. The van der Waals surface area contributed by atoms with Crippen LogP contribution >= 0.6 is 0 Å². The van der Waals surface area contributed by atoms with Crippen molar-refractivity contribution in [2.75, 3.05) is 5.32 Å². The van der Waals surface area contributed by atoms with E-state index in [-0.39, 0.29) is 11.7 Å². The highest BCUT2D eigenvalue weighted by Crippen LogP contribution is 2.14. The Morgan fingerprint density at radius 3 is 2.46 bits per heavy atom. The molecule has 0 saturated heterocycles. The number of rotatable bonds is 4. The van der Waals surface area contributed by atoms with Gasteiger partial charge in [-0.15, -0.1) is 5.10 Å². The lowest BCUT2D eigenvalue weighted by atomic mass is 10.1. The summed E-state index contributed by atoms with van der Waals surface area (Å²) in [6, 6.07) is 20.7. The van der Waals surface area contributed by atoms with Gasteiger partial charge < -0.3 is 5.32 Å². The van der Waals surface area contributed by atoms with Crippen LogP contribution in [-0.2, 0) is 6.54 Å². The summed E-state index contributed by atoms with van der Waals surface area (Å²) >= 11 is 0. The highest BCUT2D eigenvalue weighted by atomic mass is 19.1. The van der Waals surface area contributed by atoms with Crippen molar-refractivity contribution in [1.82, 2.24) is 15.0 Å². The Labute approximate surface area is 149 Å². The molecular weight excluding hydrogens is 331 g/mol. The van der Waals surface area contributed by atoms with Gasteiger partial charge in [0.1, 0.15) is 11.3 Å². The summed E-state index contributed by atoms with van der Waals surface area (Å²) in [5.74, 6) is -0.581. The number of aromatic nitrogens is 3. The van der Waals surface area contributed by atoms with E-state index >= 15 is 0 Å². The zero-order valence-electron chi connectivity index (χ0n) is 13.8. The Bertz CT molecular complexity index is 1060. The highest BCUT2D eigenvalue weighted by molar-refractivity contribution is 6.04. The Morgan fingerprint density at radius 1 is 0.962 bits per heavy atom. The summed E-state index contributed by atoms with van der Waals surface area (Å²) in [5.41, 5.74) is 3.91. The Morgan fingerprint density at radius 2 is 1.69 bits per heavy atom. The normalized spacial score (nSPS) is 10.8. The van der Waals surface area contributed by atoms with E-state index in [0.717, 1.165) is 16.6 Å². The first-order valence-corrected chi connectivity index (χ1v) is 8.13. The fraction of sp³-hybridized carbons (Fsp3) is 0.0500. The van der Waals surface area contributed by atoms with Crippen molar-refractivity contribution in [3.63, 3.8) is 0 Å². The molecule has 128 valence electrons. The standard InChI is InChI=1S/C20H15FN4O/c21-16-9-11-17(12-10-16)22-20(26)15-7-5-14(6-8-15)13-25-19-4-2-1-3-18(19)23-24-25/h1-12H,13H2,(H,22,26). The molecule has 0 fully saturated rings. The van der Waals surface area contributed by atoms with E-state index < -0.39 is 0 Å². The third-order valence-electron chi connectivity index (χ3n) is 4.07. The minimum atomic E-state index is -0.340. The first-order chi connectivity index (χ1) is 12.7.